The minimum Gasteiger partial charge on any atom is -0.444 e. The second-order valence-corrected chi connectivity index (χ2v) is 9.09. The van der Waals surface area contributed by atoms with Gasteiger partial charge in [-0.05, 0) is 26.2 Å². The Morgan fingerprint density at radius 2 is 1.67 bits per heavy atom. The highest BCUT2D eigenvalue weighted by Gasteiger charge is 2.31. The normalized spacial score (nSPS) is 15.1. The Morgan fingerprint density at radius 3 is 1.94 bits per heavy atom. The van der Waals surface area contributed by atoms with Crippen molar-refractivity contribution < 1.29 is 17.9 Å². The van der Waals surface area contributed by atoms with Gasteiger partial charge in [-0.25, -0.2) is 13.2 Å². The highest BCUT2D eigenvalue weighted by molar-refractivity contribution is 8.13. The van der Waals surface area contributed by atoms with Crippen molar-refractivity contribution in [3.05, 3.63) is 0 Å². The molecule has 7 heteroatoms. The van der Waals surface area contributed by atoms with Gasteiger partial charge in [0.1, 0.15) is 5.60 Å². The Kier molecular flexibility index (Phi) is 5.50. The third-order valence-electron chi connectivity index (χ3n) is 2.10. The van der Waals surface area contributed by atoms with Gasteiger partial charge in [-0.3, -0.25) is 0 Å². The molecule has 0 aromatic heterocycles. The van der Waals surface area contributed by atoms with Crippen LogP contribution in [0, 0.1) is 5.41 Å². The average Bonchev–Trinajstić information content (AvgIpc) is 1.93. The zero-order chi connectivity index (χ0) is 14.8. The van der Waals surface area contributed by atoms with Crippen molar-refractivity contribution in [3.8, 4) is 0 Å². The minimum absolute atomic E-state index is 0.336. The molecule has 0 saturated carbocycles. The van der Waals surface area contributed by atoms with Crippen molar-refractivity contribution in [2.24, 2.45) is 5.41 Å². The summed E-state index contributed by atoms with van der Waals surface area (Å²) in [5.74, 6) is -0.336. The first kappa shape index (κ1) is 17.5. The minimum atomic E-state index is -3.69. The number of halogens is 1. The standard InChI is InChI=1S/C11H22ClNO4S/c1-10(2,3)8(7-18(12,15)16)13-9(14)17-11(4,5)6/h8H,7H2,1-6H3,(H,13,14)/t8-/m1/s1. The van der Waals surface area contributed by atoms with Gasteiger partial charge in [0.2, 0.25) is 9.05 Å². The van der Waals surface area contributed by atoms with Crippen LogP contribution < -0.4 is 5.32 Å². The number of hydrogen-bond donors (Lipinski definition) is 1. The van der Waals surface area contributed by atoms with Gasteiger partial charge in [-0.2, -0.15) is 0 Å². The van der Waals surface area contributed by atoms with E-state index in [1.54, 1.807) is 20.8 Å². The maximum Gasteiger partial charge on any atom is 0.407 e. The smallest absolute Gasteiger partial charge is 0.407 e. The van der Waals surface area contributed by atoms with E-state index in [0.717, 1.165) is 0 Å². The molecule has 0 bridgehead atoms. The molecule has 1 N–H and O–H groups in total. The Hall–Kier alpha value is -0.490. The van der Waals surface area contributed by atoms with Crippen LogP contribution in [0.3, 0.4) is 0 Å². The summed E-state index contributed by atoms with van der Waals surface area (Å²) in [6.07, 6.45) is -0.650. The van der Waals surface area contributed by atoms with E-state index in [0.29, 0.717) is 0 Å². The van der Waals surface area contributed by atoms with E-state index < -0.39 is 32.2 Å². The number of carbonyl (C=O) groups is 1. The van der Waals surface area contributed by atoms with Crippen molar-refractivity contribution in [3.63, 3.8) is 0 Å². The van der Waals surface area contributed by atoms with Crippen LogP contribution >= 0.6 is 10.7 Å². The lowest BCUT2D eigenvalue weighted by atomic mass is 9.88. The molecule has 0 aliphatic rings. The molecule has 1 amide bonds. The maximum atomic E-state index is 11.6. The Balaban J connectivity index is 4.78. The summed E-state index contributed by atoms with van der Waals surface area (Å²) < 4.78 is 27.3. The van der Waals surface area contributed by atoms with Crippen LogP contribution in [0.4, 0.5) is 4.79 Å². The zero-order valence-electron chi connectivity index (χ0n) is 11.7. The molecule has 108 valence electrons. The molecular weight excluding hydrogens is 278 g/mol. The van der Waals surface area contributed by atoms with E-state index in [4.69, 9.17) is 15.4 Å². The summed E-state index contributed by atoms with van der Waals surface area (Å²) in [6, 6.07) is -0.616. The SMILES string of the molecule is CC(C)(C)OC(=O)N[C@H](CS(=O)(=O)Cl)C(C)(C)C. The Morgan fingerprint density at radius 1 is 1.22 bits per heavy atom. The van der Waals surface area contributed by atoms with E-state index in [1.807, 2.05) is 20.8 Å². The maximum absolute atomic E-state index is 11.6. The van der Waals surface area contributed by atoms with Gasteiger partial charge in [0.05, 0.1) is 11.8 Å². The Bertz CT molecular complexity index is 392. The lowest BCUT2D eigenvalue weighted by Crippen LogP contribution is -2.48. The largest absolute Gasteiger partial charge is 0.444 e. The summed E-state index contributed by atoms with van der Waals surface area (Å²) in [5.41, 5.74) is -1.08. The number of alkyl carbamates (subject to hydrolysis) is 1. The summed E-state index contributed by atoms with van der Waals surface area (Å²) >= 11 is 0. The van der Waals surface area contributed by atoms with Gasteiger partial charge in [0.15, 0.2) is 0 Å². The first-order valence-electron chi connectivity index (χ1n) is 5.62. The highest BCUT2D eigenvalue weighted by atomic mass is 35.7. The van der Waals surface area contributed by atoms with Crippen LogP contribution in [0.15, 0.2) is 0 Å². The molecule has 0 aliphatic carbocycles. The molecule has 0 spiro atoms. The van der Waals surface area contributed by atoms with Gasteiger partial charge in [-0.1, -0.05) is 20.8 Å². The predicted octanol–water partition coefficient (Wildman–Crippen LogP) is 2.49. The van der Waals surface area contributed by atoms with Crippen LogP contribution in [-0.2, 0) is 13.8 Å². The van der Waals surface area contributed by atoms with E-state index in [2.05, 4.69) is 5.32 Å². The van der Waals surface area contributed by atoms with Crippen LogP contribution in [0.1, 0.15) is 41.5 Å². The fourth-order valence-electron chi connectivity index (χ4n) is 1.16. The monoisotopic (exact) mass is 299 g/mol. The van der Waals surface area contributed by atoms with Gasteiger partial charge in [-0.15, -0.1) is 0 Å². The molecule has 0 radical (unpaired) electrons. The molecule has 0 fully saturated rings. The average molecular weight is 300 g/mol. The van der Waals surface area contributed by atoms with Crippen LogP contribution in [0.25, 0.3) is 0 Å². The molecule has 0 rings (SSSR count). The number of rotatable bonds is 3. The summed E-state index contributed by atoms with van der Waals surface area (Å²) in [4.78, 5) is 11.6. The molecule has 0 unspecified atom stereocenters. The van der Waals surface area contributed by atoms with Crippen LogP contribution in [0.5, 0.6) is 0 Å². The topological polar surface area (TPSA) is 72.5 Å². The number of amides is 1. The number of ether oxygens (including phenoxy) is 1. The van der Waals surface area contributed by atoms with E-state index >= 15 is 0 Å². The van der Waals surface area contributed by atoms with Crippen LogP contribution in [-0.4, -0.2) is 31.9 Å². The first-order valence-corrected chi connectivity index (χ1v) is 8.10. The third-order valence-corrected chi connectivity index (χ3v) is 3.21. The molecule has 5 nitrogen and oxygen atoms in total. The molecule has 0 aromatic rings. The molecule has 0 saturated heterocycles. The fraction of sp³-hybridized carbons (Fsp3) is 0.909. The second kappa shape index (κ2) is 5.65. The molecular formula is C11H22ClNO4S. The van der Waals surface area contributed by atoms with Crippen LogP contribution in [0.2, 0.25) is 0 Å². The third kappa shape index (κ3) is 8.58. The summed E-state index contributed by atoms with van der Waals surface area (Å²) in [6.45, 7) is 10.6. The molecule has 1 atom stereocenters. The summed E-state index contributed by atoms with van der Waals surface area (Å²) in [5, 5.41) is 2.55. The molecule has 0 aliphatic heterocycles. The zero-order valence-corrected chi connectivity index (χ0v) is 13.3. The quantitative estimate of drug-likeness (QED) is 0.813. The van der Waals surface area contributed by atoms with E-state index in [-0.39, 0.29) is 5.75 Å². The second-order valence-electron chi connectivity index (χ2n) is 6.27. The highest BCUT2D eigenvalue weighted by Crippen LogP contribution is 2.22. The summed E-state index contributed by atoms with van der Waals surface area (Å²) in [7, 11) is 1.54. The van der Waals surface area contributed by atoms with Gasteiger partial charge in [0.25, 0.3) is 0 Å². The molecule has 0 aromatic carbocycles. The lowest BCUT2D eigenvalue weighted by Gasteiger charge is -2.31. The van der Waals surface area contributed by atoms with Crippen molar-refractivity contribution in [1.29, 1.82) is 0 Å². The van der Waals surface area contributed by atoms with Crippen molar-refractivity contribution >= 4 is 25.8 Å². The van der Waals surface area contributed by atoms with E-state index in [1.165, 1.54) is 0 Å². The number of carbonyl (C=O) groups excluding carboxylic acids is 1. The number of hydrogen-bond acceptors (Lipinski definition) is 4. The van der Waals surface area contributed by atoms with Crippen molar-refractivity contribution in [1.82, 2.24) is 5.32 Å². The predicted molar refractivity (Wildman–Crippen MR) is 72.3 cm³/mol. The fourth-order valence-corrected chi connectivity index (χ4v) is 2.52. The molecule has 18 heavy (non-hydrogen) atoms. The Labute approximate surface area is 114 Å². The molecule has 0 heterocycles. The lowest BCUT2D eigenvalue weighted by molar-refractivity contribution is 0.0474. The van der Waals surface area contributed by atoms with Gasteiger partial charge in [0, 0.05) is 10.7 Å². The van der Waals surface area contributed by atoms with Gasteiger partial charge >= 0.3 is 6.09 Å². The number of nitrogens with one attached hydrogen (secondary N) is 1. The first-order chi connectivity index (χ1) is 7.71. The van der Waals surface area contributed by atoms with Gasteiger partial charge < -0.3 is 10.1 Å². The van der Waals surface area contributed by atoms with Crippen molar-refractivity contribution in [2.75, 3.05) is 5.75 Å². The van der Waals surface area contributed by atoms with Crippen molar-refractivity contribution in [2.45, 2.75) is 53.2 Å². The van der Waals surface area contributed by atoms with E-state index in [9.17, 15) is 13.2 Å².